The Kier molecular flexibility index (Phi) is 7.36. The van der Waals surface area contributed by atoms with E-state index in [1.807, 2.05) is 61.5 Å². The fourth-order valence-electron chi connectivity index (χ4n) is 2.83. The second-order valence-corrected chi connectivity index (χ2v) is 7.50. The van der Waals surface area contributed by atoms with Crippen molar-refractivity contribution in [3.05, 3.63) is 112 Å². The predicted octanol–water partition coefficient (Wildman–Crippen LogP) is 7.05. The van der Waals surface area contributed by atoms with Crippen molar-refractivity contribution in [2.24, 2.45) is 4.99 Å². The first-order valence-electron chi connectivity index (χ1n) is 9.41. The molecule has 29 heavy (non-hydrogen) atoms. The zero-order chi connectivity index (χ0) is 20.5. The minimum absolute atomic E-state index is 0.0939. The second-order valence-electron chi connectivity index (χ2n) is 6.39. The normalized spacial score (nSPS) is 12.0. The van der Waals surface area contributed by atoms with Crippen LogP contribution in [-0.2, 0) is 6.42 Å². The van der Waals surface area contributed by atoms with Gasteiger partial charge >= 0.3 is 0 Å². The van der Waals surface area contributed by atoms with Crippen LogP contribution in [0.1, 0.15) is 24.5 Å². The molecule has 0 heterocycles. The van der Waals surface area contributed by atoms with Crippen LogP contribution >= 0.6 is 11.8 Å². The Hall–Kier alpha value is -3.18. The van der Waals surface area contributed by atoms with Crippen LogP contribution in [0.3, 0.4) is 0 Å². The first-order valence-corrected chi connectivity index (χ1v) is 10.2. The molecular weight excluding hydrogens is 380 g/mol. The van der Waals surface area contributed by atoms with Crippen LogP contribution in [0.5, 0.6) is 0 Å². The quantitative estimate of drug-likeness (QED) is 0.184. The van der Waals surface area contributed by atoms with E-state index in [1.165, 1.54) is 17.7 Å². The molecule has 0 saturated carbocycles. The number of rotatable bonds is 7. The molecule has 0 saturated heterocycles. The highest BCUT2D eigenvalue weighted by Gasteiger charge is 2.11. The molecule has 3 aromatic rings. The highest BCUT2D eigenvalue weighted by molar-refractivity contribution is 8.21. The number of nitro benzene ring substituents is 1. The number of nitrogens with zero attached hydrogens (tertiary/aromatic N) is 2. The summed E-state index contributed by atoms with van der Waals surface area (Å²) in [5, 5.41) is 11.9. The molecular formula is C24H22N2O2S. The number of aryl methyl sites for hydroxylation is 1. The molecule has 0 N–H and O–H groups in total. The van der Waals surface area contributed by atoms with Crippen molar-refractivity contribution >= 4 is 33.1 Å². The Bertz CT molecular complexity index is 998. The van der Waals surface area contributed by atoms with Crippen LogP contribution in [0.15, 0.2) is 96.0 Å². The minimum atomic E-state index is -0.381. The van der Waals surface area contributed by atoms with Gasteiger partial charge in [0.1, 0.15) is 0 Å². The molecule has 0 unspecified atom stereocenters. The zero-order valence-corrected chi connectivity index (χ0v) is 17.0. The van der Waals surface area contributed by atoms with Crippen molar-refractivity contribution in [1.29, 1.82) is 0 Å². The molecule has 0 bridgehead atoms. The van der Waals surface area contributed by atoms with Crippen molar-refractivity contribution < 1.29 is 4.92 Å². The van der Waals surface area contributed by atoms with Crippen LogP contribution in [0.25, 0.3) is 4.91 Å². The third kappa shape index (κ3) is 6.16. The summed E-state index contributed by atoms with van der Waals surface area (Å²) in [6.45, 7) is 1.97. The van der Waals surface area contributed by atoms with E-state index in [0.29, 0.717) is 0 Å². The van der Waals surface area contributed by atoms with Crippen LogP contribution < -0.4 is 0 Å². The Morgan fingerprint density at radius 3 is 2.17 bits per heavy atom. The summed E-state index contributed by atoms with van der Waals surface area (Å²) in [6, 6.07) is 26.9. The SMILES string of the molecule is C/C=C(\SC(CCc1ccccc1)=Nc1ccccc1)c1ccc([N+](=O)[O-])cc1. The van der Waals surface area contributed by atoms with Crippen LogP contribution in [-0.4, -0.2) is 9.97 Å². The van der Waals surface area contributed by atoms with Crippen molar-refractivity contribution in [2.75, 3.05) is 0 Å². The van der Waals surface area contributed by atoms with Crippen molar-refractivity contribution in [3.8, 4) is 0 Å². The van der Waals surface area contributed by atoms with Gasteiger partial charge in [-0.25, -0.2) is 4.99 Å². The molecule has 0 atom stereocenters. The lowest BCUT2D eigenvalue weighted by Crippen LogP contribution is -1.97. The van der Waals surface area contributed by atoms with E-state index in [0.717, 1.165) is 34.0 Å². The van der Waals surface area contributed by atoms with Crippen LogP contribution in [0.2, 0.25) is 0 Å². The molecule has 0 fully saturated rings. The number of benzene rings is 3. The maximum atomic E-state index is 10.9. The van der Waals surface area contributed by atoms with Gasteiger partial charge in [0.2, 0.25) is 0 Å². The largest absolute Gasteiger partial charge is 0.269 e. The lowest BCUT2D eigenvalue weighted by Gasteiger charge is -2.11. The highest BCUT2D eigenvalue weighted by Crippen LogP contribution is 2.32. The van der Waals surface area contributed by atoms with Gasteiger partial charge in [-0.15, -0.1) is 0 Å². The van der Waals surface area contributed by atoms with Gasteiger partial charge in [-0.3, -0.25) is 10.1 Å². The third-order valence-electron chi connectivity index (χ3n) is 4.33. The summed E-state index contributed by atoms with van der Waals surface area (Å²) in [5.41, 5.74) is 3.23. The van der Waals surface area contributed by atoms with Gasteiger partial charge in [0.25, 0.3) is 5.69 Å². The number of para-hydroxylation sites is 1. The molecule has 0 aromatic heterocycles. The summed E-state index contributed by atoms with van der Waals surface area (Å²) in [6.07, 6.45) is 3.74. The van der Waals surface area contributed by atoms with E-state index in [4.69, 9.17) is 4.99 Å². The average Bonchev–Trinajstić information content (AvgIpc) is 2.77. The Morgan fingerprint density at radius 1 is 0.966 bits per heavy atom. The van der Waals surface area contributed by atoms with Crippen molar-refractivity contribution in [3.63, 3.8) is 0 Å². The van der Waals surface area contributed by atoms with E-state index in [2.05, 4.69) is 12.1 Å². The standard InChI is InChI=1S/C24H22N2O2S/c1-2-23(20-14-16-22(17-15-20)26(27)28)29-24(25-21-11-7-4-8-12-21)18-13-19-9-5-3-6-10-19/h2-12,14-17H,13,18H2,1H3/b23-2-,25-24?. The Balaban J connectivity index is 1.82. The van der Waals surface area contributed by atoms with Crippen LogP contribution in [0, 0.1) is 10.1 Å². The highest BCUT2D eigenvalue weighted by atomic mass is 32.2. The van der Waals surface area contributed by atoms with E-state index in [9.17, 15) is 10.1 Å². The first-order chi connectivity index (χ1) is 14.2. The lowest BCUT2D eigenvalue weighted by atomic mass is 10.1. The van der Waals surface area contributed by atoms with Gasteiger partial charge in [-0.2, -0.15) is 0 Å². The fourth-order valence-corrected chi connectivity index (χ4v) is 3.81. The molecule has 146 valence electrons. The molecule has 0 spiro atoms. The van der Waals surface area contributed by atoms with Gasteiger partial charge in [0.05, 0.1) is 15.7 Å². The van der Waals surface area contributed by atoms with Gasteiger partial charge in [0.15, 0.2) is 0 Å². The lowest BCUT2D eigenvalue weighted by molar-refractivity contribution is -0.384. The number of thioether (sulfide) groups is 1. The van der Waals surface area contributed by atoms with Crippen molar-refractivity contribution in [2.45, 2.75) is 19.8 Å². The zero-order valence-electron chi connectivity index (χ0n) is 16.2. The number of hydrogen-bond acceptors (Lipinski definition) is 4. The second kappa shape index (κ2) is 10.4. The maximum Gasteiger partial charge on any atom is 0.269 e. The molecule has 0 aliphatic heterocycles. The molecule has 5 heteroatoms. The molecule has 4 nitrogen and oxygen atoms in total. The predicted molar refractivity (Wildman–Crippen MR) is 123 cm³/mol. The molecule has 0 radical (unpaired) electrons. The van der Waals surface area contributed by atoms with Gasteiger partial charge in [-0.1, -0.05) is 66.4 Å². The first kappa shape index (κ1) is 20.6. The van der Waals surface area contributed by atoms with E-state index >= 15 is 0 Å². The Morgan fingerprint density at radius 2 is 1.59 bits per heavy atom. The summed E-state index contributed by atoms with van der Waals surface area (Å²) in [5.74, 6) is 0. The molecule has 3 rings (SSSR count). The number of allylic oxidation sites excluding steroid dienone is 1. The van der Waals surface area contributed by atoms with Crippen molar-refractivity contribution in [1.82, 2.24) is 0 Å². The molecule has 0 amide bonds. The molecule has 3 aromatic carbocycles. The van der Waals surface area contributed by atoms with E-state index in [-0.39, 0.29) is 10.6 Å². The van der Waals surface area contributed by atoms with Gasteiger partial charge < -0.3 is 0 Å². The fraction of sp³-hybridized carbons (Fsp3) is 0.125. The van der Waals surface area contributed by atoms with Crippen LogP contribution in [0.4, 0.5) is 11.4 Å². The number of aliphatic imine (C=N–C) groups is 1. The summed E-state index contributed by atoms with van der Waals surface area (Å²) < 4.78 is 0. The number of nitro groups is 1. The minimum Gasteiger partial charge on any atom is -0.258 e. The number of hydrogen-bond donors (Lipinski definition) is 0. The topological polar surface area (TPSA) is 55.5 Å². The summed E-state index contributed by atoms with van der Waals surface area (Å²) in [7, 11) is 0. The third-order valence-corrected chi connectivity index (χ3v) is 5.56. The Labute approximate surface area is 175 Å². The van der Waals surface area contributed by atoms with Gasteiger partial charge in [0, 0.05) is 23.5 Å². The number of non-ortho nitro benzene ring substituents is 1. The molecule has 0 aliphatic carbocycles. The maximum absolute atomic E-state index is 10.9. The van der Waals surface area contributed by atoms with Gasteiger partial charge in [-0.05, 0) is 48.7 Å². The average molecular weight is 403 g/mol. The summed E-state index contributed by atoms with van der Waals surface area (Å²) >= 11 is 1.61. The monoisotopic (exact) mass is 402 g/mol. The molecule has 0 aliphatic rings. The summed E-state index contributed by atoms with van der Waals surface area (Å²) in [4.78, 5) is 16.4. The van der Waals surface area contributed by atoms with E-state index in [1.54, 1.807) is 23.9 Å². The van der Waals surface area contributed by atoms with E-state index < -0.39 is 0 Å². The smallest absolute Gasteiger partial charge is 0.258 e.